The zero-order valence-corrected chi connectivity index (χ0v) is 20.3. The van der Waals surface area contributed by atoms with Crippen LogP contribution in [0.3, 0.4) is 0 Å². The van der Waals surface area contributed by atoms with Crippen molar-refractivity contribution >= 4 is 34.7 Å². The quantitative estimate of drug-likeness (QED) is 0.430. The van der Waals surface area contributed by atoms with Crippen LogP contribution in [0.4, 0.5) is 0 Å². The van der Waals surface area contributed by atoms with Crippen LogP contribution in [0.1, 0.15) is 53.0 Å². The molecule has 2 unspecified atom stereocenters. The normalized spacial score (nSPS) is 13.0. The summed E-state index contributed by atoms with van der Waals surface area (Å²) in [4.78, 5) is 49.3. The Kier molecular flexibility index (Phi) is 12.0. The van der Waals surface area contributed by atoms with Gasteiger partial charge in [0, 0.05) is 6.92 Å². The Morgan fingerprint density at radius 3 is 2.31 bits per heavy atom. The smallest absolute Gasteiger partial charge is 0.331 e. The lowest BCUT2D eigenvalue weighted by Gasteiger charge is -2.29. The minimum absolute atomic E-state index is 0.0812. The highest BCUT2D eigenvalue weighted by molar-refractivity contribution is 8.14. The number of thioether (sulfide) groups is 1. The molecule has 0 heterocycles. The number of esters is 1. The lowest BCUT2D eigenvalue weighted by Crippen LogP contribution is -2.60. The van der Waals surface area contributed by atoms with Gasteiger partial charge in [-0.15, -0.1) is 0 Å². The summed E-state index contributed by atoms with van der Waals surface area (Å²) < 4.78 is 10.7. The molecule has 0 aliphatic heterocycles. The molecule has 0 saturated heterocycles. The third-order valence-electron chi connectivity index (χ3n) is 4.43. The molecule has 32 heavy (non-hydrogen) atoms. The number of benzene rings is 1. The molecule has 8 nitrogen and oxygen atoms in total. The average molecular weight is 467 g/mol. The molecule has 1 aromatic rings. The molecule has 9 heteroatoms. The number of carbonyl (C=O) groups is 4. The summed E-state index contributed by atoms with van der Waals surface area (Å²) in [7, 11) is 0. The molecule has 1 rings (SSSR count). The summed E-state index contributed by atoms with van der Waals surface area (Å²) >= 11 is 0.942. The molecule has 178 valence electrons. The Balaban J connectivity index is 2.78. The minimum atomic E-state index is -1.31. The molecule has 0 aliphatic rings. The summed E-state index contributed by atoms with van der Waals surface area (Å²) in [6, 6.07) is 8.40. The van der Waals surface area contributed by atoms with Gasteiger partial charge in [-0.3, -0.25) is 14.4 Å². The molecule has 2 atom stereocenters. The molecule has 2 N–H and O–H groups in total. The van der Waals surface area contributed by atoms with Crippen molar-refractivity contribution in [3.05, 3.63) is 35.9 Å². The first-order valence-electron chi connectivity index (χ1n) is 10.7. The Morgan fingerprint density at radius 1 is 1.09 bits per heavy atom. The van der Waals surface area contributed by atoms with E-state index in [2.05, 4.69) is 10.6 Å². The van der Waals surface area contributed by atoms with Crippen molar-refractivity contribution in [3.8, 4) is 0 Å². The van der Waals surface area contributed by atoms with Gasteiger partial charge in [-0.2, -0.15) is 0 Å². The number of rotatable bonds is 13. The molecular weight excluding hydrogens is 432 g/mol. The van der Waals surface area contributed by atoms with Crippen LogP contribution in [0, 0.1) is 0 Å². The Morgan fingerprint density at radius 2 is 1.75 bits per heavy atom. The van der Waals surface area contributed by atoms with Gasteiger partial charge in [0.25, 0.3) is 0 Å². The number of ether oxygens (including phenoxy) is 2. The van der Waals surface area contributed by atoms with Crippen LogP contribution < -0.4 is 10.6 Å². The monoisotopic (exact) mass is 466 g/mol. The fourth-order valence-electron chi connectivity index (χ4n) is 2.77. The van der Waals surface area contributed by atoms with Gasteiger partial charge in [-0.25, -0.2) is 4.79 Å². The van der Waals surface area contributed by atoms with Crippen LogP contribution >= 0.6 is 11.8 Å². The summed E-state index contributed by atoms with van der Waals surface area (Å²) in [5, 5.41) is 4.55. The Bertz CT molecular complexity index is 769. The third-order valence-corrected chi connectivity index (χ3v) is 5.49. The molecule has 0 fully saturated rings. The van der Waals surface area contributed by atoms with E-state index in [1.54, 1.807) is 6.92 Å². The first-order valence-corrected chi connectivity index (χ1v) is 11.6. The van der Waals surface area contributed by atoms with E-state index in [9.17, 15) is 19.2 Å². The number of amides is 2. The fourth-order valence-corrected chi connectivity index (χ4v) is 3.69. The van der Waals surface area contributed by atoms with E-state index in [1.807, 2.05) is 37.3 Å². The SMILES string of the molecule is CCCC(SC(C)=O)C(=O)NC(C)(C)C(=O)NC(COCc1ccccc1)C(=O)OCC. The van der Waals surface area contributed by atoms with Gasteiger partial charge in [-0.1, -0.05) is 55.4 Å². The largest absolute Gasteiger partial charge is 0.464 e. The predicted octanol–water partition coefficient (Wildman–Crippen LogP) is 2.59. The van der Waals surface area contributed by atoms with Crippen LogP contribution in [0.15, 0.2) is 30.3 Å². The minimum Gasteiger partial charge on any atom is -0.464 e. The maximum Gasteiger partial charge on any atom is 0.331 e. The van der Waals surface area contributed by atoms with E-state index >= 15 is 0 Å². The van der Waals surface area contributed by atoms with Gasteiger partial charge < -0.3 is 20.1 Å². The lowest BCUT2D eigenvalue weighted by atomic mass is 10.0. The van der Waals surface area contributed by atoms with Gasteiger partial charge in [0.2, 0.25) is 11.8 Å². The van der Waals surface area contributed by atoms with Gasteiger partial charge in [0.05, 0.1) is 25.1 Å². The summed E-state index contributed by atoms with van der Waals surface area (Å²) in [6.45, 7) is 8.41. The maximum absolute atomic E-state index is 12.9. The van der Waals surface area contributed by atoms with Crippen molar-refractivity contribution in [1.29, 1.82) is 0 Å². The maximum atomic E-state index is 12.9. The first kappa shape index (κ1) is 27.6. The van der Waals surface area contributed by atoms with Crippen molar-refractivity contribution in [2.75, 3.05) is 13.2 Å². The lowest BCUT2D eigenvalue weighted by molar-refractivity contribution is -0.150. The van der Waals surface area contributed by atoms with E-state index in [0.717, 1.165) is 17.3 Å². The van der Waals surface area contributed by atoms with Crippen LogP contribution in [0.2, 0.25) is 0 Å². The van der Waals surface area contributed by atoms with Crippen molar-refractivity contribution in [1.82, 2.24) is 10.6 Å². The van der Waals surface area contributed by atoms with E-state index in [-0.39, 0.29) is 24.9 Å². The van der Waals surface area contributed by atoms with Crippen LogP contribution in [0.25, 0.3) is 0 Å². The zero-order valence-electron chi connectivity index (χ0n) is 19.4. The molecule has 0 spiro atoms. The second kappa shape index (κ2) is 13.9. The topological polar surface area (TPSA) is 111 Å². The molecular formula is C23H34N2O6S. The van der Waals surface area contributed by atoms with Crippen molar-refractivity contribution in [2.45, 2.75) is 70.9 Å². The summed E-state index contributed by atoms with van der Waals surface area (Å²) in [5.74, 6) is -1.58. The predicted molar refractivity (Wildman–Crippen MR) is 124 cm³/mol. The molecule has 2 amide bonds. The highest BCUT2D eigenvalue weighted by atomic mass is 32.2. The van der Waals surface area contributed by atoms with Gasteiger partial charge in [0.15, 0.2) is 11.2 Å². The summed E-state index contributed by atoms with van der Waals surface area (Å²) in [5.41, 5.74) is -0.385. The van der Waals surface area contributed by atoms with Crippen LogP contribution in [0.5, 0.6) is 0 Å². The second-order valence-electron chi connectivity index (χ2n) is 7.78. The summed E-state index contributed by atoms with van der Waals surface area (Å²) in [6.07, 6.45) is 1.22. The number of hydrogen-bond donors (Lipinski definition) is 2. The van der Waals surface area contributed by atoms with Gasteiger partial charge >= 0.3 is 5.97 Å². The molecule has 0 aromatic heterocycles. The van der Waals surface area contributed by atoms with E-state index in [0.29, 0.717) is 12.8 Å². The highest BCUT2D eigenvalue weighted by Gasteiger charge is 2.35. The standard InChI is InChI=1S/C23H34N2O6S/c1-6-11-19(32-16(3)26)20(27)25-23(4,5)22(29)24-18(21(28)31-7-2)15-30-14-17-12-9-8-10-13-17/h8-10,12-13,18-19H,6-7,11,14-15H2,1-5H3,(H,24,29)(H,25,27). The molecule has 0 aliphatic carbocycles. The van der Waals surface area contributed by atoms with E-state index in [4.69, 9.17) is 9.47 Å². The second-order valence-corrected chi connectivity index (χ2v) is 9.16. The van der Waals surface area contributed by atoms with Crippen LogP contribution in [-0.4, -0.2) is 52.9 Å². The molecule has 0 bridgehead atoms. The van der Waals surface area contributed by atoms with Gasteiger partial charge in [-0.05, 0) is 32.8 Å². The van der Waals surface area contributed by atoms with E-state index in [1.165, 1.54) is 20.8 Å². The average Bonchev–Trinajstić information content (AvgIpc) is 2.72. The Hall–Kier alpha value is -2.39. The molecule has 1 aromatic carbocycles. The number of nitrogens with one attached hydrogen (secondary N) is 2. The van der Waals surface area contributed by atoms with Crippen molar-refractivity contribution < 1.29 is 28.7 Å². The molecule has 0 radical (unpaired) electrons. The highest BCUT2D eigenvalue weighted by Crippen LogP contribution is 2.19. The third kappa shape index (κ3) is 9.82. The Labute approximate surface area is 194 Å². The zero-order chi connectivity index (χ0) is 24.1. The number of carbonyl (C=O) groups excluding carboxylic acids is 4. The van der Waals surface area contributed by atoms with Gasteiger partial charge in [0.1, 0.15) is 5.54 Å². The van der Waals surface area contributed by atoms with E-state index < -0.39 is 34.6 Å². The molecule has 0 saturated carbocycles. The van der Waals surface area contributed by atoms with Crippen molar-refractivity contribution in [2.24, 2.45) is 0 Å². The van der Waals surface area contributed by atoms with Crippen LogP contribution in [-0.2, 0) is 35.3 Å². The number of hydrogen-bond acceptors (Lipinski definition) is 7. The first-order chi connectivity index (χ1) is 15.1. The fraction of sp³-hybridized carbons (Fsp3) is 0.565. The van der Waals surface area contributed by atoms with Crippen molar-refractivity contribution in [3.63, 3.8) is 0 Å².